The molecule has 1 aliphatic heterocycles. The second kappa shape index (κ2) is 9.33. The summed E-state index contributed by atoms with van der Waals surface area (Å²) in [4.78, 5) is 37.1. The second-order valence-corrected chi connectivity index (χ2v) is 9.03. The van der Waals surface area contributed by atoms with Crippen molar-refractivity contribution in [2.24, 2.45) is 11.7 Å². The molecule has 1 aromatic heterocycles. The van der Waals surface area contributed by atoms with Gasteiger partial charge in [-0.05, 0) is 43.5 Å². The maximum atomic E-state index is 14.6. The number of nitrogens with one attached hydrogen (secondary N) is 1. The van der Waals surface area contributed by atoms with E-state index in [9.17, 15) is 18.8 Å². The lowest BCUT2D eigenvalue weighted by Crippen LogP contribution is -2.36. The molecule has 4 rings (SSSR count). The SMILES string of the molecule is NC(=O)C1=CCC(Cl)([C@@H]2CCN(CC(=O)Nc3ccc(-n4ccccc4=O)cc3F)C2)C=C1. The minimum absolute atomic E-state index is 0.0524. The van der Waals surface area contributed by atoms with Crippen LogP contribution in [0, 0.1) is 11.7 Å². The number of pyridine rings is 1. The fraction of sp³-hybridized carbons (Fsp3) is 0.292. The molecule has 9 heteroatoms. The van der Waals surface area contributed by atoms with Crippen LogP contribution in [0.4, 0.5) is 10.1 Å². The molecule has 1 aromatic carbocycles. The monoisotopic (exact) mass is 470 g/mol. The summed E-state index contributed by atoms with van der Waals surface area (Å²) in [6, 6.07) is 8.91. The molecule has 1 unspecified atom stereocenters. The van der Waals surface area contributed by atoms with Gasteiger partial charge < -0.3 is 11.1 Å². The first kappa shape index (κ1) is 22.9. The van der Waals surface area contributed by atoms with E-state index in [-0.39, 0.29) is 29.6 Å². The third kappa shape index (κ3) is 5.07. The van der Waals surface area contributed by atoms with Gasteiger partial charge in [0.1, 0.15) is 5.82 Å². The van der Waals surface area contributed by atoms with Gasteiger partial charge >= 0.3 is 0 Å². The van der Waals surface area contributed by atoms with Crippen molar-refractivity contribution in [3.05, 3.63) is 82.6 Å². The summed E-state index contributed by atoms with van der Waals surface area (Å²) in [5.74, 6) is -1.34. The Kier molecular flexibility index (Phi) is 6.49. The molecule has 7 nitrogen and oxygen atoms in total. The summed E-state index contributed by atoms with van der Waals surface area (Å²) < 4.78 is 15.9. The molecule has 2 aliphatic rings. The number of nitrogens with two attached hydrogens (primary N) is 1. The third-order valence-corrected chi connectivity index (χ3v) is 6.69. The number of anilines is 1. The molecular formula is C24H24ClFN4O3. The number of benzene rings is 1. The minimum Gasteiger partial charge on any atom is -0.366 e. The van der Waals surface area contributed by atoms with Crippen LogP contribution in [0.5, 0.6) is 0 Å². The fourth-order valence-electron chi connectivity index (χ4n) is 4.27. The number of carbonyl (C=O) groups excluding carboxylic acids is 2. The van der Waals surface area contributed by atoms with Crippen LogP contribution in [-0.2, 0) is 9.59 Å². The van der Waals surface area contributed by atoms with Gasteiger partial charge in [-0.25, -0.2) is 4.39 Å². The fourth-order valence-corrected chi connectivity index (χ4v) is 4.59. The summed E-state index contributed by atoms with van der Waals surface area (Å²) >= 11 is 6.80. The van der Waals surface area contributed by atoms with Crippen LogP contribution < -0.4 is 16.6 Å². The predicted octanol–water partition coefficient (Wildman–Crippen LogP) is 2.59. The number of nitrogens with zero attached hydrogens (tertiary/aromatic N) is 2. The van der Waals surface area contributed by atoms with E-state index in [1.165, 1.54) is 22.8 Å². The van der Waals surface area contributed by atoms with Gasteiger partial charge in [0.25, 0.3) is 5.56 Å². The molecule has 0 radical (unpaired) electrons. The zero-order valence-corrected chi connectivity index (χ0v) is 18.6. The highest BCUT2D eigenvalue weighted by Crippen LogP contribution is 2.40. The van der Waals surface area contributed by atoms with Crippen molar-refractivity contribution < 1.29 is 14.0 Å². The number of hydrogen-bond donors (Lipinski definition) is 2. The van der Waals surface area contributed by atoms with E-state index in [4.69, 9.17) is 17.3 Å². The van der Waals surface area contributed by atoms with Crippen molar-refractivity contribution in [3.8, 4) is 5.69 Å². The molecule has 1 saturated heterocycles. The Hall–Kier alpha value is -3.23. The zero-order valence-electron chi connectivity index (χ0n) is 17.8. The molecule has 2 heterocycles. The average molecular weight is 471 g/mol. The molecule has 0 spiro atoms. The summed E-state index contributed by atoms with van der Waals surface area (Å²) in [7, 11) is 0. The lowest BCUT2D eigenvalue weighted by molar-refractivity contribution is -0.117. The van der Waals surface area contributed by atoms with Gasteiger partial charge in [-0.1, -0.05) is 24.3 Å². The van der Waals surface area contributed by atoms with Crippen molar-refractivity contribution in [1.29, 1.82) is 0 Å². The van der Waals surface area contributed by atoms with Crippen molar-refractivity contribution in [1.82, 2.24) is 9.47 Å². The van der Waals surface area contributed by atoms with Crippen LogP contribution in [0.15, 0.2) is 71.2 Å². The Bertz CT molecular complexity index is 1210. The smallest absolute Gasteiger partial charge is 0.255 e. The number of likely N-dealkylation sites (tertiary alicyclic amines) is 1. The molecular weight excluding hydrogens is 447 g/mol. The Morgan fingerprint density at radius 1 is 1.27 bits per heavy atom. The van der Waals surface area contributed by atoms with Crippen molar-refractivity contribution >= 4 is 29.1 Å². The number of halogens is 2. The highest BCUT2D eigenvalue weighted by atomic mass is 35.5. The first-order valence-corrected chi connectivity index (χ1v) is 11.0. The first-order chi connectivity index (χ1) is 15.7. The van der Waals surface area contributed by atoms with Crippen molar-refractivity contribution in [2.75, 3.05) is 25.0 Å². The summed E-state index contributed by atoms with van der Waals surface area (Å²) in [6.45, 7) is 1.40. The van der Waals surface area contributed by atoms with Gasteiger partial charge in [0.15, 0.2) is 0 Å². The molecule has 1 aliphatic carbocycles. The summed E-state index contributed by atoms with van der Waals surface area (Å²) in [5.41, 5.74) is 5.91. The number of amides is 2. The van der Waals surface area contributed by atoms with E-state index >= 15 is 0 Å². The van der Waals surface area contributed by atoms with Crippen LogP contribution in [0.1, 0.15) is 12.8 Å². The number of alkyl halides is 1. The molecule has 2 amide bonds. The second-order valence-electron chi connectivity index (χ2n) is 8.33. The van der Waals surface area contributed by atoms with Crippen molar-refractivity contribution in [3.63, 3.8) is 0 Å². The predicted molar refractivity (Wildman–Crippen MR) is 125 cm³/mol. The Labute approximate surface area is 195 Å². The molecule has 0 saturated carbocycles. The summed E-state index contributed by atoms with van der Waals surface area (Å²) in [6.07, 6.45) is 8.07. The molecule has 33 heavy (non-hydrogen) atoms. The number of rotatable bonds is 6. The van der Waals surface area contributed by atoms with E-state index in [1.54, 1.807) is 36.5 Å². The first-order valence-electron chi connectivity index (χ1n) is 10.6. The van der Waals surface area contributed by atoms with Crippen LogP contribution in [0.2, 0.25) is 0 Å². The molecule has 0 bridgehead atoms. The highest BCUT2D eigenvalue weighted by molar-refractivity contribution is 6.26. The van der Waals surface area contributed by atoms with E-state index in [0.717, 1.165) is 6.42 Å². The standard InChI is InChI=1S/C24H24ClFN4O3/c25-24(9-6-16(7-10-24)23(27)33)17-8-12-29(14-17)15-21(31)28-20-5-4-18(13-19(20)26)30-11-2-1-3-22(30)32/h1-7,9,11,13,17H,8,10,12,14-15H2,(H2,27,33)(H,28,31)/t17-,24?/m1/s1. The topological polar surface area (TPSA) is 97.4 Å². The van der Waals surface area contributed by atoms with Crippen LogP contribution in [0.3, 0.4) is 0 Å². The van der Waals surface area contributed by atoms with E-state index in [2.05, 4.69) is 5.32 Å². The number of carbonyl (C=O) groups is 2. The van der Waals surface area contributed by atoms with Crippen LogP contribution >= 0.6 is 11.6 Å². The minimum atomic E-state index is -0.625. The van der Waals surface area contributed by atoms with E-state index < -0.39 is 16.6 Å². The molecule has 172 valence electrons. The zero-order chi connectivity index (χ0) is 23.6. The molecule has 2 atom stereocenters. The maximum Gasteiger partial charge on any atom is 0.255 e. The number of primary amides is 1. The lowest BCUT2D eigenvalue weighted by atomic mass is 9.83. The van der Waals surface area contributed by atoms with Gasteiger partial charge in [0.05, 0.1) is 22.8 Å². The van der Waals surface area contributed by atoms with Crippen LogP contribution in [-0.4, -0.2) is 45.8 Å². The Morgan fingerprint density at radius 3 is 2.76 bits per heavy atom. The van der Waals surface area contributed by atoms with Crippen LogP contribution in [0.25, 0.3) is 5.69 Å². The van der Waals surface area contributed by atoms with Gasteiger partial charge in [-0.15, -0.1) is 11.6 Å². The third-order valence-electron chi connectivity index (χ3n) is 6.10. The summed E-state index contributed by atoms with van der Waals surface area (Å²) in [5, 5.41) is 2.60. The molecule has 3 N–H and O–H groups in total. The number of hydrogen-bond acceptors (Lipinski definition) is 4. The largest absolute Gasteiger partial charge is 0.366 e. The van der Waals surface area contributed by atoms with E-state index in [0.29, 0.717) is 30.8 Å². The van der Waals surface area contributed by atoms with Gasteiger partial charge in [0.2, 0.25) is 11.8 Å². The number of aromatic nitrogens is 1. The van der Waals surface area contributed by atoms with Gasteiger partial charge in [0, 0.05) is 30.4 Å². The quantitative estimate of drug-likeness (QED) is 0.634. The van der Waals surface area contributed by atoms with E-state index in [1.807, 2.05) is 11.0 Å². The van der Waals surface area contributed by atoms with Gasteiger partial charge in [-0.2, -0.15) is 0 Å². The Balaban J connectivity index is 1.34. The number of allylic oxidation sites excluding steroid dienone is 2. The molecule has 2 aromatic rings. The van der Waals surface area contributed by atoms with Gasteiger partial charge in [-0.3, -0.25) is 23.9 Å². The highest BCUT2D eigenvalue weighted by Gasteiger charge is 2.40. The Morgan fingerprint density at radius 2 is 2.09 bits per heavy atom. The normalized spacial score (nSPS) is 22.7. The van der Waals surface area contributed by atoms with Crippen molar-refractivity contribution in [2.45, 2.75) is 17.7 Å². The molecule has 1 fully saturated rings. The lowest BCUT2D eigenvalue weighted by Gasteiger charge is -2.31. The average Bonchev–Trinajstić information content (AvgIpc) is 3.25. The maximum absolute atomic E-state index is 14.6.